The molecule has 1 heterocycles. The molecule has 1 aliphatic carbocycles. The molecule has 1 aliphatic rings. The normalized spacial score (nSPS) is 14.3. The molecule has 2 N–H and O–H groups in total. The van der Waals surface area contributed by atoms with Crippen LogP contribution in [0.15, 0.2) is 71.3 Å². The summed E-state index contributed by atoms with van der Waals surface area (Å²) in [5, 5.41) is 5.63. The highest BCUT2D eigenvalue weighted by atomic mass is 19.1. The number of carbonyl (C=O) groups excluding carboxylic acids is 3. The summed E-state index contributed by atoms with van der Waals surface area (Å²) in [7, 11) is 0. The Bertz CT molecular complexity index is 1150. The zero-order valence-electron chi connectivity index (χ0n) is 19.5. The summed E-state index contributed by atoms with van der Waals surface area (Å²) in [4.78, 5) is 40.8. The van der Waals surface area contributed by atoms with Crippen molar-refractivity contribution in [2.45, 2.75) is 44.7 Å². The number of benzene rings is 2. The molecule has 0 radical (unpaired) electrons. The van der Waals surface area contributed by atoms with Crippen LogP contribution in [0.1, 0.15) is 53.4 Å². The van der Waals surface area contributed by atoms with Gasteiger partial charge < -0.3 is 15.1 Å². The van der Waals surface area contributed by atoms with Crippen molar-refractivity contribution >= 4 is 23.4 Å². The number of hydrogen-bond acceptors (Lipinski definition) is 4. The fourth-order valence-electron chi connectivity index (χ4n) is 4.29. The van der Waals surface area contributed by atoms with Crippen LogP contribution in [0, 0.1) is 12.7 Å². The monoisotopic (exact) mass is 477 g/mol. The van der Waals surface area contributed by atoms with Crippen molar-refractivity contribution in [3.8, 4) is 0 Å². The predicted molar refractivity (Wildman–Crippen MR) is 129 cm³/mol. The molecule has 3 amide bonds. The predicted octanol–water partition coefficient (Wildman–Crippen LogP) is 4.29. The lowest BCUT2D eigenvalue weighted by atomic mass is 10.0. The van der Waals surface area contributed by atoms with E-state index in [0.717, 1.165) is 31.2 Å². The van der Waals surface area contributed by atoms with E-state index in [2.05, 4.69) is 10.6 Å². The summed E-state index contributed by atoms with van der Waals surface area (Å²) in [5.74, 6) is -1.79. The van der Waals surface area contributed by atoms with E-state index >= 15 is 0 Å². The van der Waals surface area contributed by atoms with Crippen LogP contribution in [-0.4, -0.2) is 30.3 Å². The molecular formula is C27H28FN3O4. The van der Waals surface area contributed by atoms with E-state index < -0.39 is 23.7 Å². The van der Waals surface area contributed by atoms with Gasteiger partial charge in [0.1, 0.15) is 11.9 Å². The Labute approximate surface area is 203 Å². The Balaban J connectivity index is 1.67. The van der Waals surface area contributed by atoms with Crippen LogP contribution in [0.25, 0.3) is 0 Å². The Hall–Kier alpha value is -3.94. The maximum absolute atomic E-state index is 13.7. The molecule has 0 spiro atoms. The average Bonchev–Trinajstić information content (AvgIpc) is 3.57. The first-order valence-corrected chi connectivity index (χ1v) is 11.7. The van der Waals surface area contributed by atoms with Gasteiger partial charge in [-0.2, -0.15) is 0 Å². The van der Waals surface area contributed by atoms with E-state index in [1.165, 1.54) is 41.5 Å². The molecule has 2 aromatic carbocycles. The third-order valence-electron chi connectivity index (χ3n) is 6.12. The second-order valence-corrected chi connectivity index (χ2v) is 8.70. The molecule has 7 nitrogen and oxygen atoms in total. The SMILES string of the molecule is Cc1ccc(C(C(=O)NC2CCCC2)N(C(=O)CNC(=O)c2ccco2)c2ccc(F)cc2)cc1. The van der Waals surface area contributed by atoms with Gasteiger partial charge in [0.25, 0.3) is 5.91 Å². The van der Waals surface area contributed by atoms with Crippen molar-refractivity contribution in [3.05, 3.63) is 89.6 Å². The van der Waals surface area contributed by atoms with Crippen molar-refractivity contribution in [2.75, 3.05) is 11.4 Å². The van der Waals surface area contributed by atoms with Gasteiger partial charge in [0.05, 0.1) is 12.8 Å². The summed E-state index contributed by atoms with van der Waals surface area (Å²) in [6.45, 7) is 1.56. The zero-order valence-corrected chi connectivity index (χ0v) is 19.5. The second kappa shape index (κ2) is 11.0. The Morgan fingerprint density at radius 2 is 1.71 bits per heavy atom. The number of amides is 3. The molecule has 182 valence electrons. The van der Waals surface area contributed by atoms with E-state index in [1.807, 2.05) is 19.1 Å². The van der Waals surface area contributed by atoms with Crippen LogP contribution in [0.3, 0.4) is 0 Å². The summed E-state index contributed by atoms with van der Waals surface area (Å²) in [6, 6.07) is 14.8. The molecule has 0 saturated heterocycles. The number of furan rings is 1. The molecule has 8 heteroatoms. The maximum Gasteiger partial charge on any atom is 0.287 e. The number of carbonyl (C=O) groups is 3. The highest BCUT2D eigenvalue weighted by Gasteiger charge is 2.34. The minimum Gasteiger partial charge on any atom is -0.459 e. The van der Waals surface area contributed by atoms with Crippen molar-refractivity contribution in [1.82, 2.24) is 10.6 Å². The third kappa shape index (κ3) is 5.95. The van der Waals surface area contributed by atoms with Gasteiger partial charge in [0.2, 0.25) is 11.8 Å². The van der Waals surface area contributed by atoms with Crippen molar-refractivity contribution < 1.29 is 23.2 Å². The number of anilines is 1. The average molecular weight is 478 g/mol. The number of hydrogen-bond donors (Lipinski definition) is 2. The number of nitrogens with zero attached hydrogens (tertiary/aromatic N) is 1. The highest BCUT2D eigenvalue weighted by Crippen LogP contribution is 2.29. The van der Waals surface area contributed by atoms with Crippen LogP contribution in [-0.2, 0) is 9.59 Å². The third-order valence-corrected chi connectivity index (χ3v) is 6.12. The molecule has 35 heavy (non-hydrogen) atoms. The van der Waals surface area contributed by atoms with Crippen LogP contribution < -0.4 is 15.5 Å². The number of aryl methyl sites for hydroxylation is 1. The van der Waals surface area contributed by atoms with E-state index in [1.54, 1.807) is 18.2 Å². The van der Waals surface area contributed by atoms with Crippen LogP contribution in [0.4, 0.5) is 10.1 Å². The topological polar surface area (TPSA) is 91.7 Å². The summed E-state index contributed by atoms with van der Waals surface area (Å²) in [5.41, 5.74) is 1.96. The van der Waals surface area contributed by atoms with Gasteiger partial charge in [-0.15, -0.1) is 0 Å². The van der Waals surface area contributed by atoms with Gasteiger partial charge in [-0.05, 0) is 61.7 Å². The first kappa shape index (κ1) is 24.2. The molecule has 0 aliphatic heterocycles. The van der Waals surface area contributed by atoms with Gasteiger partial charge in [-0.1, -0.05) is 42.7 Å². The second-order valence-electron chi connectivity index (χ2n) is 8.70. The lowest BCUT2D eigenvalue weighted by Crippen LogP contribution is -2.49. The lowest BCUT2D eigenvalue weighted by Gasteiger charge is -2.32. The number of halogens is 1. The summed E-state index contributed by atoms with van der Waals surface area (Å²) < 4.78 is 18.8. The Kier molecular flexibility index (Phi) is 7.60. The zero-order chi connectivity index (χ0) is 24.8. The van der Waals surface area contributed by atoms with Crippen molar-refractivity contribution in [2.24, 2.45) is 0 Å². The Morgan fingerprint density at radius 3 is 2.34 bits per heavy atom. The molecule has 1 atom stereocenters. The molecule has 1 saturated carbocycles. The molecule has 1 aromatic heterocycles. The van der Waals surface area contributed by atoms with Crippen LogP contribution >= 0.6 is 0 Å². The van der Waals surface area contributed by atoms with Gasteiger partial charge >= 0.3 is 0 Å². The minimum absolute atomic E-state index is 0.0410. The van der Waals surface area contributed by atoms with E-state index in [9.17, 15) is 18.8 Å². The van der Waals surface area contributed by atoms with Gasteiger partial charge in [0.15, 0.2) is 5.76 Å². The van der Waals surface area contributed by atoms with Crippen molar-refractivity contribution in [3.63, 3.8) is 0 Å². The molecule has 3 aromatic rings. The molecular weight excluding hydrogens is 449 g/mol. The summed E-state index contributed by atoms with van der Waals surface area (Å²) >= 11 is 0. The van der Waals surface area contributed by atoms with Gasteiger partial charge in [0, 0.05) is 11.7 Å². The highest BCUT2D eigenvalue weighted by molar-refractivity contribution is 6.04. The minimum atomic E-state index is -1.00. The molecule has 1 unspecified atom stereocenters. The maximum atomic E-state index is 13.7. The van der Waals surface area contributed by atoms with Gasteiger partial charge in [-0.25, -0.2) is 4.39 Å². The first-order chi connectivity index (χ1) is 16.9. The molecule has 1 fully saturated rings. The van der Waals surface area contributed by atoms with Crippen LogP contribution in [0.2, 0.25) is 0 Å². The Morgan fingerprint density at radius 1 is 1.03 bits per heavy atom. The van der Waals surface area contributed by atoms with E-state index in [4.69, 9.17) is 4.42 Å². The summed E-state index contributed by atoms with van der Waals surface area (Å²) in [6.07, 6.45) is 5.22. The molecule has 0 bridgehead atoms. The number of rotatable bonds is 8. The smallest absolute Gasteiger partial charge is 0.287 e. The number of nitrogens with one attached hydrogen (secondary N) is 2. The van der Waals surface area contributed by atoms with E-state index in [0.29, 0.717) is 11.3 Å². The quantitative estimate of drug-likeness (QED) is 0.506. The standard InChI is InChI=1S/C27H28FN3O4/c1-18-8-10-19(11-9-18)25(27(34)30-21-5-2-3-6-21)31(22-14-12-20(28)13-15-22)24(32)17-29-26(33)23-7-4-16-35-23/h4,7-16,21,25H,2-3,5-6,17H2,1H3,(H,29,33)(H,30,34). The largest absolute Gasteiger partial charge is 0.459 e. The van der Waals surface area contributed by atoms with Crippen molar-refractivity contribution in [1.29, 1.82) is 0 Å². The fraction of sp³-hybridized carbons (Fsp3) is 0.296. The van der Waals surface area contributed by atoms with E-state index in [-0.39, 0.29) is 24.3 Å². The van der Waals surface area contributed by atoms with Gasteiger partial charge in [-0.3, -0.25) is 19.3 Å². The fourth-order valence-corrected chi connectivity index (χ4v) is 4.29. The van der Waals surface area contributed by atoms with Crippen LogP contribution in [0.5, 0.6) is 0 Å². The first-order valence-electron chi connectivity index (χ1n) is 11.7. The lowest BCUT2D eigenvalue weighted by molar-refractivity contribution is -0.126. The molecule has 4 rings (SSSR count).